The first-order valence-electron chi connectivity index (χ1n) is 7.40. The van der Waals surface area contributed by atoms with Crippen LogP contribution in [0.1, 0.15) is 5.69 Å². The number of nitrogens with zero attached hydrogens (tertiary/aromatic N) is 2. The number of amides is 1. The summed E-state index contributed by atoms with van der Waals surface area (Å²) in [5.41, 5.74) is 1.20. The molecular formula is C17H15ClN4O2S. The smallest absolute Gasteiger partial charge is 0.230 e. The van der Waals surface area contributed by atoms with Gasteiger partial charge in [0.2, 0.25) is 5.91 Å². The average Bonchev–Trinajstić information content (AvgIpc) is 3.02. The lowest BCUT2D eigenvalue weighted by Crippen LogP contribution is -2.15. The summed E-state index contributed by atoms with van der Waals surface area (Å²) in [6.45, 7) is 0. The third-order valence-corrected chi connectivity index (χ3v) is 4.27. The Morgan fingerprint density at radius 3 is 2.96 bits per heavy atom. The number of anilines is 3. The predicted molar refractivity (Wildman–Crippen MR) is 100.0 cm³/mol. The molecule has 0 spiro atoms. The van der Waals surface area contributed by atoms with Crippen LogP contribution in [0.25, 0.3) is 0 Å². The van der Waals surface area contributed by atoms with Crippen LogP contribution in [0.4, 0.5) is 16.6 Å². The summed E-state index contributed by atoms with van der Waals surface area (Å²) in [6.07, 6.45) is 1.85. The van der Waals surface area contributed by atoms with Crippen LogP contribution in [-0.2, 0) is 11.2 Å². The standard InChI is InChI=1S/C17H15ClN4O2S/c1-24-14-6-5-11(18)8-13(14)21-16(23)9-12-10-25-17(20-12)22-15-4-2-3-7-19-15/h2-8,10H,9H2,1H3,(H,21,23)(H,19,20,22). The number of carbonyl (C=O) groups is 1. The second-order valence-corrected chi connectivity index (χ2v) is 6.35. The molecule has 8 heteroatoms. The fourth-order valence-corrected chi connectivity index (χ4v) is 3.02. The summed E-state index contributed by atoms with van der Waals surface area (Å²) in [6, 6.07) is 10.6. The van der Waals surface area contributed by atoms with Crippen molar-refractivity contribution in [2.45, 2.75) is 6.42 Å². The van der Waals surface area contributed by atoms with Crippen molar-refractivity contribution < 1.29 is 9.53 Å². The third-order valence-electron chi connectivity index (χ3n) is 3.23. The van der Waals surface area contributed by atoms with Gasteiger partial charge in [0.25, 0.3) is 0 Å². The van der Waals surface area contributed by atoms with Crippen LogP contribution in [0.3, 0.4) is 0 Å². The molecule has 0 radical (unpaired) electrons. The van der Waals surface area contributed by atoms with E-state index in [1.807, 2.05) is 23.6 Å². The molecule has 6 nitrogen and oxygen atoms in total. The van der Waals surface area contributed by atoms with E-state index < -0.39 is 0 Å². The van der Waals surface area contributed by atoms with Crippen molar-refractivity contribution in [1.29, 1.82) is 0 Å². The number of nitrogens with one attached hydrogen (secondary N) is 2. The molecule has 1 aromatic carbocycles. The number of rotatable bonds is 6. The van der Waals surface area contributed by atoms with Crippen molar-refractivity contribution in [2.24, 2.45) is 0 Å². The fourth-order valence-electron chi connectivity index (χ4n) is 2.13. The van der Waals surface area contributed by atoms with E-state index in [-0.39, 0.29) is 12.3 Å². The molecule has 0 unspecified atom stereocenters. The van der Waals surface area contributed by atoms with Gasteiger partial charge in [-0.3, -0.25) is 4.79 Å². The Labute approximate surface area is 153 Å². The Bertz CT molecular complexity index is 870. The molecule has 0 bridgehead atoms. The van der Waals surface area contributed by atoms with Gasteiger partial charge in [-0.05, 0) is 30.3 Å². The maximum Gasteiger partial charge on any atom is 0.230 e. The summed E-state index contributed by atoms with van der Waals surface area (Å²) >= 11 is 7.38. The first-order valence-corrected chi connectivity index (χ1v) is 8.65. The first-order chi connectivity index (χ1) is 12.1. The number of aromatic nitrogens is 2. The summed E-state index contributed by atoms with van der Waals surface area (Å²) in [5.74, 6) is 1.06. The zero-order valence-corrected chi connectivity index (χ0v) is 14.9. The quantitative estimate of drug-likeness (QED) is 0.678. The topological polar surface area (TPSA) is 76.1 Å². The zero-order valence-electron chi connectivity index (χ0n) is 13.3. The van der Waals surface area contributed by atoms with Crippen LogP contribution in [0.5, 0.6) is 5.75 Å². The highest BCUT2D eigenvalue weighted by Gasteiger charge is 2.11. The molecule has 0 atom stereocenters. The highest BCUT2D eigenvalue weighted by Crippen LogP contribution is 2.28. The van der Waals surface area contributed by atoms with E-state index in [0.29, 0.717) is 33.1 Å². The van der Waals surface area contributed by atoms with Crippen LogP contribution < -0.4 is 15.4 Å². The maximum absolute atomic E-state index is 12.3. The molecule has 0 aliphatic carbocycles. The van der Waals surface area contributed by atoms with Gasteiger partial charge >= 0.3 is 0 Å². The summed E-state index contributed by atoms with van der Waals surface area (Å²) < 4.78 is 5.22. The summed E-state index contributed by atoms with van der Waals surface area (Å²) in [5, 5.41) is 8.93. The molecule has 128 valence electrons. The first kappa shape index (κ1) is 17.2. The van der Waals surface area contributed by atoms with E-state index >= 15 is 0 Å². The molecule has 2 N–H and O–H groups in total. The van der Waals surface area contributed by atoms with Gasteiger partial charge in [0.05, 0.1) is 24.9 Å². The number of benzene rings is 1. The molecule has 3 aromatic rings. The van der Waals surface area contributed by atoms with Crippen molar-refractivity contribution in [2.75, 3.05) is 17.7 Å². The molecule has 0 fully saturated rings. The number of hydrogen-bond acceptors (Lipinski definition) is 6. The third kappa shape index (κ3) is 4.68. The number of pyridine rings is 1. The monoisotopic (exact) mass is 374 g/mol. The van der Waals surface area contributed by atoms with Gasteiger partial charge in [-0.15, -0.1) is 11.3 Å². The minimum Gasteiger partial charge on any atom is -0.495 e. The number of ether oxygens (including phenoxy) is 1. The number of methoxy groups -OCH3 is 1. The zero-order chi connectivity index (χ0) is 17.6. The maximum atomic E-state index is 12.3. The van der Waals surface area contributed by atoms with Gasteiger partial charge in [-0.1, -0.05) is 17.7 Å². The van der Waals surface area contributed by atoms with E-state index in [9.17, 15) is 4.79 Å². The summed E-state index contributed by atoms with van der Waals surface area (Å²) in [7, 11) is 1.54. The van der Waals surface area contributed by atoms with Gasteiger partial charge in [0.1, 0.15) is 11.6 Å². The SMILES string of the molecule is COc1ccc(Cl)cc1NC(=O)Cc1csc(Nc2ccccn2)n1. The van der Waals surface area contributed by atoms with E-state index in [2.05, 4.69) is 20.6 Å². The average molecular weight is 375 g/mol. The molecule has 0 aliphatic heterocycles. The number of halogens is 1. The largest absolute Gasteiger partial charge is 0.495 e. The summed E-state index contributed by atoms with van der Waals surface area (Å²) in [4.78, 5) is 20.8. The molecule has 1 amide bonds. The number of hydrogen-bond donors (Lipinski definition) is 2. The van der Waals surface area contributed by atoms with Gasteiger partial charge in [-0.25, -0.2) is 9.97 Å². The van der Waals surface area contributed by atoms with Crippen molar-refractivity contribution in [3.8, 4) is 5.75 Å². The lowest BCUT2D eigenvalue weighted by molar-refractivity contribution is -0.115. The Hall–Kier alpha value is -2.64. The van der Waals surface area contributed by atoms with E-state index in [1.54, 1.807) is 24.4 Å². The molecule has 2 aromatic heterocycles. The van der Waals surface area contributed by atoms with E-state index in [0.717, 1.165) is 0 Å². The van der Waals surface area contributed by atoms with Crippen LogP contribution in [0, 0.1) is 0 Å². The van der Waals surface area contributed by atoms with Crippen LogP contribution >= 0.6 is 22.9 Å². The minimum absolute atomic E-state index is 0.149. The lowest BCUT2D eigenvalue weighted by Gasteiger charge is -2.10. The molecule has 2 heterocycles. The van der Waals surface area contributed by atoms with Crippen LogP contribution in [0.2, 0.25) is 5.02 Å². The van der Waals surface area contributed by atoms with Gasteiger partial charge in [0, 0.05) is 16.6 Å². The molecule has 25 heavy (non-hydrogen) atoms. The molecule has 0 aliphatic rings. The van der Waals surface area contributed by atoms with Crippen LogP contribution in [-0.4, -0.2) is 23.0 Å². The van der Waals surface area contributed by atoms with Crippen molar-refractivity contribution in [3.05, 3.63) is 58.7 Å². The highest BCUT2D eigenvalue weighted by molar-refractivity contribution is 7.13. The molecule has 0 saturated heterocycles. The minimum atomic E-state index is -0.199. The molecule has 0 saturated carbocycles. The van der Waals surface area contributed by atoms with Crippen molar-refractivity contribution in [3.63, 3.8) is 0 Å². The van der Waals surface area contributed by atoms with Gasteiger partial charge < -0.3 is 15.4 Å². The van der Waals surface area contributed by atoms with E-state index in [1.165, 1.54) is 18.4 Å². The predicted octanol–water partition coefficient (Wildman–Crippen LogP) is 4.12. The molecule has 3 rings (SSSR count). The Morgan fingerprint density at radius 1 is 1.32 bits per heavy atom. The van der Waals surface area contributed by atoms with Gasteiger partial charge in [-0.2, -0.15) is 0 Å². The van der Waals surface area contributed by atoms with E-state index in [4.69, 9.17) is 16.3 Å². The Kier molecular flexibility index (Phi) is 5.47. The number of carbonyl (C=O) groups excluding carboxylic acids is 1. The Balaban J connectivity index is 1.63. The fraction of sp³-hybridized carbons (Fsp3) is 0.118. The van der Waals surface area contributed by atoms with Crippen molar-refractivity contribution >= 4 is 45.5 Å². The number of thiazole rings is 1. The highest BCUT2D eigenvalue weighted by atomic mass is 35.5. The lowest BCUT2D eigenvalue weighted by atomic mass is 10.2. The second kappa shape index (κ2) is 7.96. The Morgan fingerprint density at radius 2 is 2.20 bits per heavy atom. The second-order valence-electron chi connectivity index (χ2n) is 5.05. The van der Waals surface area contributed by atoms with Crippen LogP contribution in [0.15, 0.2) is 48.0 Å². The molecular weight excluding hydrogens is 360 g/mol. The van der Waals surface area contributed by atoms with Crippen molar-refractivity contribution in [1.82, 2.24) is 9.97 Å². The normalized spacial score (nSPS) is 10.3. The van der Waals surface area contributed by atoms with Gasteiger partial charge in [0.15, 0.2) is 5.13 Å².